The van der Waals surface area contributed by atoms with Crippen molar-refractivity contribution in [2.45, 2.75) is 56.9 Å². The van der Waals surface area contributed by atoms with E-state index in [1.807, 2.05) is 12.1 Å². The van der Waals surface area contributed by atoms with Crippen LogP contribution < -0.4 is 10.6 Å². The molecule has 2 N–H and O–H groups in total. The highest BCUT2D eigenvalue weighted by atomic mass is 35.5. The molecule has 1 saturated carbocycles. The number of rotatable bonds is 7. The van der Waals surface area contributed by atoms with Crippen LogP contribution in [0.25, 0.3) is 21.7 Å². The summed E-state index contributed by atoms with van der Waals surface area (Å²) in [4.78, 5) is 13.5. The summed E-state index contributed by atoms with van der Waals surface area (Å²) in [5.41, 5.74) is 2.12. The normalized spacial score (nSPS) is 18.4. The standard InChI is InChI=1S/C24H24F3N5OS.ClH/c25-24(26,27)12-19-11-20-21(30-14-31-23(20)34-19)32-18-3-1-2-17(10-18)29-13-15-4-6-16(7-5-15)22-28-8-9-33-22;/h4-9,11,14,17-18,29H,1-3,10,12-13H2,(H,30,31,32);1H/t17-,18+;/m0./s1. The molecule has 2 atom stereocenters. The first-order chi connectivity index (χ1) is 16.4. The Morgan fingerprint density at radius 1 is 1.06 bits per heavy atom. The van der Waals surface area contributed by atoms with Gasteiger partial charge in [0.15, 0.2) is 0 Å². The van der Waals surface area contributed by atoms with Gasteiger partial charge < -0.3 is 15.1 Å². The molecule has 0 bridgehead atoms. The number of hydrogen-bond acceptors (Lipinski definition) is 7. The second-order valence-electron chi connectivity index (χ2n) is 8.57. The molecule has 0 radical (unpaired) electrons. The van der Waals surface area contributed by atoms with E-state index in [1.54, 1.807) is 18.5 Å². The quantitative estimate of drug-likeness (QED) is 0.292. The van der Waals surface area contributed by atoms with Gasteiger partial charge in [0.1, 0.15) is 23.2 Å². The summed E-state index contributed by atoms with van der Waals surface area (Å²) in [5.74, 6) is 1.22. The summed E-state index contributed by atoms with van der Waals surface area (Å²) in [6.07, 6.45) is 3.49. The lowest BCUT2D eigenvalue weighted by Gasteiger charge is -2.31. The molecule has 1 aromatic carbocycles. The first-order valence-corrected chi connectivity index (χ1v) is 12.0. The third-order valence-electron chi connectivity index (χ3n) is 6.00. The van der Waals surface area contributed by atoms with Crippen LogP contribution in [-0.4, -0.2) is 33.2 Å². The Balaban J connectivity index is 0.00000289. The van der Waals surface area contributed by atoms with E-state index in [2.05, 4.69) is 37.7 Å². The smallest absolute Gasteiger partial charge is 0.393 e. The van der Waals surface area contributed by atoms with Gasteiger partial charge in [0, 0.05) is 29.1 Å². The number of fused-ring (bicyclic) bond motifs is 1. The van der Waals surface area contributed by atoms with Crippen molar-refractivity contribution in [1.82, 2.24) is 20.3 Å². The molecule has 0 amide bonds. The van der Waals surface area contributed by atoms with Crippen molar-refractivity contribution < 1.29 is 17.6 Å². The van der Waals surface area contributed by atoms with E-state index in [9.17, 15) is 13.2 Å². The average molecular weight is 524 g/mol. The van der Waals surface area contributed by atoms with Crippen molar-refractivity contribution in [3.8, 4) is 11.5 Å². The highest BCUT2D eigenvalue weighted by Gasteiger charge is 2.29. The van der Waals surface area contributed by atoms with Gasteiger partial charge in [-0.1, -0.05) is 12.1 Å². The largest absolute Gasteiger partial charge is 0.445 e. The van der Waals surface area contributed by atoms with E-state index < -0.39 is 12.6 Å². The maximum Gasteiger partial charge on any atom is 0.393 e. The summed E-state index contributed by atoms with van der Waals surface area (Å²) in [6, 6.07) is 10.2. The Kier molecular flexibility index (Phi) is 7.93. The second kappa shape index (κ2) is 10.9. The molecule has 4 aromatic rings. The SMILES string of the molecule is Cl.FC(F)(F)Cc1cc2c(N[C@@H]3CCC[C@H](NCc4ccc(-c5ncco5)cc4)C3)ncnc2s1. The van der Waals surface area contributed by atoms with Crippen LogP contribution in [0.3, 0.4) is 0 Å². The Morgan fingerprint density at radius 2 is 1.86 bits per heavy atom. The van der Waals surface area contributed by atoms with Crippen LogP contribution in [0.2, 0.25) is 0 Å². The lowest BCUT2D eigenvalue weighted by atomic mass is 9.90. The molecule has 6 nitrogen and oxygen atoms in total. The predicted molar refractivity (Wildman–Crippen MR) is 133 cm³/mol. The first-order valence-electron chi connectivity index (χ1n) is 11.2. The molecule has 35 heavy (non-hydrogen) atoms. The van der Waals surface area contributed by atoms with E-state index in [1.165, 1.54) is 11.9 Å². The molecule has 11 heteroatoms. The van der Waals surface area contributed by atoms with Crippen molar-refractivity contribution in [3.05, 3.63) is 59.6 Å². The molecule has 3 heterocycles. The van der Waals surface area contributed by atoms with Crippen LogP contribution in [-0.2, 0) is 13.0 Å². The second-order valence-corrected chi connectivity index (χ2v) is 9.68. The van der Waals surface area contributed by atoms with Gasteiger partial charge in [0.2, 0.25) is 5.89 Å². The van der Waals surface area contributed by atoms with Crippen molar-refractivity contribution >= 4 is 39.8 Å². The number of alkyl halides is 3. The number of halogens is 4. The number of thiophene rings is 1. The van der Waals surface area contributed by atoms with Gasteiger partial charge in [-0.2, -0.15) is 13.2 Å². The molecule has 1 aliphatic rings. The van der Waals surface area contributed by atoms with Crippen LogP contribution in [0.5, 0.6) is 0 Å². The van der Waals surface area contributed by atoms with Crippen LogP contribution in [0.1, 0.15) is 36.1 Å². The van der Waals surface area contributed by atoms with Crippen LogP contribution >= 0.6 is 23.7 Å². The van der Waals surface area contributed by atoms with Gasteiger partial charge in [-0.05, 0) is 49.4 Å². The van der Waals surface area contributed by atoms with E-state index in [-0.39, 0.29) is 23.3 Å². The van der Waals surface area contributed by atoms with E-state index in [0.29, 0.717) is 28.0 Å². The van der Waals surface area contributed by atoms with Crippen molar-refractivity contribution in [1.29, 1.82) is 0 Å². The molecule has 3 aromatic heterocycles. The number of hydrogen-bond donors (Lipinski definition) is 2. The molecule has 5 rings (SSSR count). The van der Waals surface area contributed by atoms with Crippen molar-refractivity contribution in [3.63, 3.8) is 0 Å². The molecular formula is C24H25ClF3N5OS. The fourth-order valence-electron chi connectivity index (χ4n) is 4.40. The van der Waals surface area contributed by atoms with Crippen LogP contribution in [0.15, 0.2) is 53.5 Å². The number of oxazole rings is 1. The molecule has 0 aliphatic heterocycles. The number of benzene rings is 1. The lowest BCUT2D eigenvalue weighted by molar-refractivity contribution is -0.126. The number of aromatic nitrogens is 3. The van der Waals surface area contributed by atoms with Gasteiger partial charge in [0.25, 0.3) is 0 Å². The third kappa shape index (κ3) is 6.50. The molecular weight excluding hydrogens is 499 g/mol. The van der Waals surface area contributed by atoms with Crippen molar-refractivity contribution in [2.24, 2.45) is 0 Å². The molecule has 1 aliphatic carbocycles. The summed E-state index contributed by atoms with van der Waals surface area (Å²) < 4.78 is 43.8. The highest BCUT2D eigenvalue weighted by molar-refractivity contribution is 7.18. The Morgan fingerprint density at radius 3 is 2.60 bits per heavy atom. The molecule has 0 spiro atoms. The Hall–Kier alpha value is -2.69. The van der Waals surface area contributed by atoms with Crippen LogP contribution in [0, 0.1) is 0 Å². The number of anilines is 1. The lowest BCUT2D eigenvalue weighted by Crippen LogP contribution is -2.38. The van der Waals surface area contributed by atoms with E-state index >= 15 is 0 Å². The summed E-state index contributed by atoms with van der Waals surface area (Å²) in [7, 11) is 0. The topological polar surface area (TPSA) is 75.9 Å². The van der Waals surface area contributed by atoms with Gasteiger partial charge in [-0.15, -0.1) is 23.7 Å². The zero-order chi connectivity index (χ0) is 23.5. The van der Waals surface area contributed by atoms with Gasteiger partial charge >= 0.3 is 6.18 Å². The maximum atomic E-state index is 12.8. The third-order valence-corrected chi connectivity index (χ3v) is 7.04. The highest BCUT2D eigenvalue weighted by Crippen LogP contribution is 2.33. The predicted octanol–water partition coefficient (Wildman–Crippen LogP) is 6.39. The van der Waals surface area contributed by atoms with Gasteiger partial charge in [0.05, 0.1) is 18.0 Å². The average Bonchev–Trinajstić information content (AvgIpc) is 3.48. The Bertz CT molecular complexity index is 1230. The summed E-state index contributed by atoms with van der Waals surface area (Å²) in [6.45, 7) is 0.756. The molecule has 1 fully saturated rings. The Labute approximate surface area is 210 Å². The minimum Gasteiger partial charge on any atom is -0.445 e. The summed E-state index contributed by atoms with van der Waals surface area (Å²) in [5, 5.41) is 7.77. The first kappa shape index (κ1) is 25.4. The molecule has 0 saturated heterocycles. The van der Waals surface area contributed by atoms with Crippen molar-refractivity contribution in [2.75, 3.05) is 5.32 Å². The minimum atomic E-state index is -4.24. The molecule has 186 valence electrons. The fraction of sp³-hybridized carbons (Fsp3) is 0.375. The van der Waals surface area contributed by atoms with E-state index in [4.69, 9.17) is 4.42 Å². The van der Waals surface area contributed by atoms with E-state index in [0.717, 1.165) is 49.1 Å². The van der Waals surface area contributed by atoms with Gasteiger partial charge in [-0.25, -0.2) is 15.0 Å². The van der Waals surface area contributed by atoms with Gasteiger partial charge in [-0.3, -0.25) is 0 Å². The summed E-state index contributed by atoms with van der Waals surface area (Å²) >= 11 is 1.07. The maximum absolute atomic E-state index is 12.8. The monoisotopic (exact) mass is 523 g/mol. The minimum absolute atomic E-state index is 0. The van der Waals surface area contributed by atoms with Crippen LogP contribution in [0.4, 0.5) is 19.0 Å². The fourth-order valence-corrected chi connectivity index (χ4v) is 5.42. The number of nitrogens with zero attached hydrogens (tertiary/aromatic N) is 3. The molecule has 0 unspecified atom stereocenters. The number of nitrogens with one attached hydrogen (secondary N) is 2. The zero-order valence-electron chi connectivity index (χ0n) is 18.7. The zero-order valence-corrected chi connectivity index (χ0v) is 20.3.